The normalized spacial score (nSPS) is 12.7. The molecular weight excluding hydrogens is 368 g/mol. The first kappa shape index (κ1) is 20.5. The van der Waals surface area contributed by atoms with E-state index < -0.39 is 17.9 Å². The maximum atomic E-state index is 12.4. The van der Waals surface area contributed by atoms with Crippen LogP contribution < -0.4 is 10.6 Å². The number of hydrogen-bond acceptors (Lipinski definition) is 3. The molecule has 0 heterocycles. The molecule has 0 bridgehead atoms. The molecule has 2 unspecified atom stereocenters. The zero-order valence-electron chi connectivity index (χ0n) is 14.8. The first-order valence-corrected chi connectivity index (χ1v) is 8.81. The minimum absolute atomic E-state index is 0.0116. The Bertz CT molecular complexity index is 793. The smallest absolute Gasteiger partial charge is 0.312 e. The van der Waals surface area contributed by atoms with E-state index in [1.165, 1.54) is 6.92 Å². The molecule has 3 N–H and O–H groups in total. The second kappa shape index (κ2) is 9.73. The van der Waals surface area contributed by atoms with Gasteiger partial charge in [0.25, 0.3) is 0 Å². The standard InChI is InChI=1S/C20H21ClN2O4/c1-13(24)23-18(15-7-9-16(21)10-8-15)11-19(25)22-12-17(20(26)27)14-5-3-2-4-6-14/h2-10,17-18H,11-12H2,1H3,(H,22,25)(H,23,24)(H,26,27). The van der Waals surface area contributed by atoms with Crippen molar-refractivity contribution in [3.63, 3.8) is 0 Å². The molecule has 0 radical (unpaired) electrons. The summed E-state index contributed by atoms with van der Waals surface area (Å²) in [7, 11) is 0. The molecule has 0 saturated carbocycles. The van der Waals surface area contributed by atoms with Gasteiger partial charge in [-0.2, -0.15) is 0 Å². The van der Waals surface area contributed by atoms with Crippen LogP contribution in [0, 0.1) is 0 Å². The predicted molar refractivity (Wildman–Crippen MR) is 102 cm³/mol. The van der Waals surface area contributed by atoms with E-state index in [1.54, 1.807) is 54.6 Å². The van der Waals surface area contributed by atoms with Gasteiger partial charge < -0.3 is 15.7 Å². The van der Waals surface area contributed by atoms with Gasteiger partial charge in [0.2, 0.25) is 11.8 Å². The van der Waals surface area contributed by atoms with Crippen molar-refractivity contribution in [3.8, 4) is 0 Å². The Morgan fingerprint density at radius 2 is 1.63 bits per heavy atom. The summed E-state index contributed by atoms with van der Waals surface area (Å²) in [5, 5.41) is 15.4. The van der Waals surface area contributed by atoms with E-state index in [0.29, 0.717) is 10.6 Å². The van der Waals surface area contributed by atoms with E-state index in [-0.39, 0.29) is 24.8 Å². The van der Waals surface area contributed by atoms with Crippen molar-refractivity contribution in [1.29, 1.82) is 0 Å². The number of carboxylic acid groups (broad SMARTS) is 1. The first-order chi connectivity index (χ1) is 12.9. The number of carboxylic acids is 1. The number of aliphatic carboxylic acids is 1. The lowest BCUT2D eigenvalue weighted by Gasteiger charge is -2.19. The van der Waals surface area contributed by atoms with Crippen LogP contribution in [0.5, 0.6) is 0 Å². The maximum absolute atomic E-state index is 12.4. The van der Waals surface area contributed by atoms with Gasteiger partial charge >= 0.3 is 5.97 Å². The van der Waals surface area contributed by atoms with Crippen molar-refractivity contribution >= 4 is 29.4 Å². The number of carbonyl (C=O) groups excluding carboxylic acids is 2. The van der Waals surface area contributed by atoms with Gasteiger partial charge in [0.15, 0.2) is 0 Å². The zero-order chi connectivity index (χ0) is 19.8. The Morgan fingerprint density at radius 1 is 1.00 bits per heavy atom. The molecule has 0 aliphatic rings. The summed E-state index contributed by atoms with van der Waals surface area (Å²) < 4.78 is 0. The number of nitrogens with one attached hydrogen (secondary N) is 2. The lowest BCUT2D eigenvalue weighted by atomic mass is 9.99. The van der Waals surface area contributed by atoms with Crippen LogP contribution in [0.4, 0.5) is 0 Å². The Balaban J connectivity index is 2.03. The first-order valence-electron chi connectivity index (χ1n) is 8.44. The molecule has 2 aromatic carbocycles. The van der Waals surface area contributed by atoms with Crippen LogP contribution in [0.1, 0.15) is 36.4 Å². The zero-order valence-corrected chi connectivity index (χ0v) is 15.6. The summed E-state index contributed by atoms with van der Waals surface area (Å²) in [5.74, 6) is -2.48. The third-order valence-electron chi connectivity index (χ3n) is 4.04. The molecule has 2 atom stereocenters. The summed E-state index contributed by atoms with van der Waals surface area (Å²) in [6, 6.07) is 15.0. The molecular formula is C20H21ClN2O4. The average molecular weight is 389 g/mol. The number of amides is 2. The van der Waals surface area contributed by atoms with Gasteiger partial charge in [0.05, 0.1) is 18.4 Å². The van der Waals surface area contributed by atoms with Crippen LogP contribution in [0.2, 0.25) is 5.02 Å². The fraction of sp³-hybridized carbons (Fsp3) is 0.250. The van der Waals surface area contributed by atoms with Crippen molar-refractivity contribution in [1.82, 2.24) is 10.6 Å². The molecule has 0 spiro atoms. The summed E-state index contributed by atoms with van der Waals surface area (Å²) >= 11 is 5.88. The van der Waals surface area contributed by atoms with Crippen molar-refractivity contribution in [2.75, 3.05) is 6.54 Å². The highest BCUT2D eigenvalue weighted by Crippen LogP contribution is 2.20. The third-order valence-corrected chi connectivity index (χ3v) is 4.29. The highest BCUT2D eigenvalue weighted by Gasteiger charge is 2.22. The molecule has 0 aromatic heterocycles. The Hall–Kier alpha value is -2.86. The molecule has 7 heteroatoms. The highest BCUT2D eigenvalue weighted by molar-refractivity contribution is 6.30. The molecule has 2 amide bonds. The van der Waals surface area contributed by atoms with Crippen LogP contribution in [0.3, 0.4) is 0 Å². The molecule has 0 fully saturated rings. The topological polar surface area (TPSA) is 95.5 Å². The third kappa shape index (κ3) is 6.42. The van der Waals surface area contributed by atoms with Gasteiger partial charge in [-0.15, -0.1) is 0 Å². The molecule has 0 aliphatic heterocycles. The molecule has 0 saturated heterocycles. The Labute approximate surface area is 162 Å². The van der Waals surface area contributed by atoms with E-state index in [4.69, 9.17) is 11.6 Å². The minimum Gasteiger partial charge on any atom is -0.481 e. The van der Waals surface area contributed by atoms with Crippen LogP contribution in [0.25, 0.3) is 0 Å². The van der Waals surface area contributed by atoms with E-state index in [0.717, 1.165) is 5.56 Å². The van der Waals surface area contributed by atoms with Crippen LogP contribution in [0.15, 0.2) is 54.6 Å². The van der Waals surface area contributed by atoms with Gasteiger partial charge in [0.1, 0.15) is 0 Å². The Kier molecular flexibility index (Phi) is 7.37. The Morgan fingerprint density at radius 3 is 2.19 bits per heavy atom. The quantitative estimate of drug-likeness (QED) is 0.648. The van der Waals surface area contributed by atoms with Gasteiger partial charge in [0, 0.05) is 18.5 Å². The van der Waals surface area contributed by atoms with Gasteiger partial charge in [-0.1, -0.05) is 54.1 Å². The minimum atomic E-state index is -1.02. The summed E-state index contributed by atoms with van der Waals surface area (Å²) in [5.41, 5.74) is 1.35. The summed E-state index contributed by atoms with van der Waals surface area (Å²) in [6.45, 7) is 1.34. The van der Waals surface area contributed by atoms with Crippen LogP contribution in [-0.4, -0.2) is 29.4 Å². The van der Waals surface area contributed by atoms with E-state index in [9.17, 15) is 19.5 Å². The number of rotatable bonds is 8. The van der Waals surface area contributed by atoms with Crippen molar-refractivity contribution in [2.24, 2.45) is 0 Å². The summed E-state index contributed by atoms with van der Waals surface area (Å²) in [4.78, 5) is 35.3. The van der Waals surface area contributed by atoms with E-state index in [1.807, 2.05) is 0 Å². The predicted octanol–water partition coefficient (Wildman–Crippen LogP) is 2.89. The molecule has 6 nitrogen and oxygen atoms in total. The van der Waals surface area contributed by atoms with Gasteiger partial charge in [-0.25, -0.2) is 0 Å². The van der Waals surface area contributed by atoms with Gasteiger partial charge in [-0.3, -0.25) is 14.4 Å². The van der Waals surface area contributed by atoms with Crippen molar-refractivity contribution in [2.45, 2.75) is 25.3 Å². The van der Waals surface area contributed by atoms with Crippen molar-refractivity contribution < 1.29 is 19.5 Å². The number of carbonyl (C=O) groups is 3. The number of halogens is 1. The monoisotopic (exact) mass is 388 g/mol. The average Bonchev–Trinajstić information content (AvgIpc) is 2.62. The summed E-state index contributed by atoms with van der Waals surface area (Å²) in [6.07, 6.45) is -0.0116. The molecule has 2 rings (SSSR count). The second-order valence-electron chi connectivity index (χ2n) is 6.11. The SMILES string of the molecule is CC(=O)NC(CC(=O)NCC(C(=O)O)c1ccccc1)c1ccc(Cl)cc1. The molecule has 0 aliphatic carbocycles. The van der Waals surface area contributed by atoms with Gasteiger partial charge in [-0.05, 0) is 23.3 Å². The molecule has 27 heavy (non-hydrogen) atoms. The van der Waals surface area contributed by atoms with E-state index in [2.05, 4.69) is 10.6 Å². The van der Waals surface area contributed by atoms with Crippen LogP contribution in [-0.2, 0) is 14.4 Å². The highest BCUT2D eigenvalue weighted by atomic mass is 35.5. The van der Waals surface area contributed by atoms with Crippen LogP contribution >= 0.6 is 11.6 Å². The van der Waals surface area contributed by atoms with E-state index >= 15 is 0 Å². The molecule has 142 valence electrons. The lowest BCUT2D eigenvalue weighted by molar-refractivity contribution is -0.138. The molecule has 2 aromatic rings. The second-order valence-corrected chi connectivity index (χ2v) is 6.55. The number of benzene rings is 2. The largest absolute Gasteiger partial charge is 0.481 e. The lowest BCUT2D eigenvalue weighted by Crippen LogP contribution is -2.35. The maximum Gasteiger partial charge on any atom is 0.312 e. The fourth-order valence-corrected chi connectivity index (χ4v) is 2.83. The number of hydrogen-bond donors (Lipinski definition) is 3. The fourth-order valence-electron chi connectivity index (χ4n) is 2.70. The van der Waals surface area contributed by atoms with Crippen molar-refractivity contribution in [3.05, 3.63) is 70.7 Å².